The highest BCUT2D eigenvalue weighted by molar-refractivity contribution is 6.43. The molecule has 0 saturated heterocycles. The van der Waals surface area contributed by atoms with Crippen LogP contribution in [0.1, 0.15) is 24.0 Å². The fourth-order valence-electron chi connectivity index (χ4n) is 1.96. The van der Waals surface area contributed by atoms with Crippen LogP contribution in [-0.4, -0.2) is 18.0 Å². The molecule has 2 aromatic rings. The lowest BCUT2D eigenvalue weighted by Gasteiger charge is -2.05. The molecule has 0 fully saturated rings. The topological polar surface area (TPSA) is 70.6 Å². The molecule has 2 N–H and O–H groups in total. The first-order chi connectivity index (χ1) is 12.1. The number of nitrogens with one attached hydrogen (secondary N) is 2. The summed E-state index contributed by atoms with van der Waals surface area (Å²) in [6.45, 7) is 0.437. The second kappa shape index (κ2) is 9.81. The Bertz CT molecular complexity index is 764. The van der Waals surface area contributed by atoms with Crippen molar-refractivity contribution in [2.24, 2.45) is 5.10 Å². The summed E-state index contributed by atoms with van der Waals surface area (Å²) in [6, 6.07) is 14.7. The largest absolute Gasteiger partial charge is 0.352 e. The van der Waals surface area contributed by atoms with Crippen LogP contribution in [0.4, 0.5) is 0 Å². The van der Waals surface area contributed by atoms with E-state index in [0.29, 0.717) is 22.2 Å². The van der Waals surface area contributed by atoms with E-state index in [1.807, 2.05) is 30.3 Å². The fraction of sp³-hybridized carbons (Fsp3) is 0.167. The van der Waals surface area contributed by atoms with Gasteiger partial charge in [0.15, 0.2) is 0 Å². The molecule has 2 amide bonds. The molecule has 0 heterocycles. The van der Waals surface area contributed by atoms with E-state index in [9.17, 15) is 9.59 Å². The molecular formula is C18H17Cl2N3O2. The summed E-state index contributed by atoms with van der Waals surface area (Å²) >= 11 is 11.9. The summed E-state index contributed by atoms with van der Waals surface area (Å²) in [5.41, 5.74) is 3.95. The van der Waals surface area contributed by atoms with E-state index in [1.54, 1.807) is 18.2 Å². The number of hydrogen-bond acceptors (Lipinski definition) is 3. The van der Waals surface area contributed by atoms with E-state index in [4.69, 9.17) is 23.2 Å². The molecule has 0 unspecified atom stereocenters. The van der Waals surface area contributed by atoms with Crippen LogP contribution in [0, 0.1) is 0 Å². The molecule has 0 bridgehead atoms. The predicted octanol–water partition coefficient (Wildman–Crippen LogP) is 3.54. The SMILES string of the molecule is O=C(CCC(=O)N/N=C\c1cccc(Cl)c1Cl)NCc1ccccc1. The van der Waals surface area contributed by atoms with E-state index < -0.39 is 0 Å². The monoisotopic (exact) mass is 377 g/mol. The summed E-state index contributed by atoms with van der Waals surface area (Å²) in [6.07, 6.45) is 1.54. The first-order valence-corrected chi connectivity index (χ1v) is 8.38. The van der Waals surface area contributed by atoms with Gasteiger partial charge in [0.2, 0.25) is 11.8 Å². The van der Waals surface area contributed by atoms with Gasteiger partial charge in [0.1, 0.15) is 0 Å². The Balaban J connectivity index is 1.70. The minimum absolute atomic E-state index is 0.0429. The van der Waals surface area contributed by atoms with Gasteiger partial charge in [0.25, 0.3) is 0 Å². The van der Waals surface area contributed by atoms with Gasteiger partial charge in [-0.15, -0.1) is 0 Å². The number of hydrogen-bond donors (Lipinski definition) is 2. The van der Waals surface area contributed by atoms with Crippen LogP contribution >= 0.6 is 23.2 Å². The van der Waals surface area contributed by atoms with Crippen molar-refractivity contribution < 1.29 is 9.59 Å². The normalized spacial score (nSPS) is 10.6. The van der Waals surface area contributed by atoms with Crippen LogP contribution in [0.3, 0.4) is 0 Å². The van der Waals surface area contributed by atoms with Crippen molar-refractivity contribution in [2.45, 2.75) is 19.4 Å². The Morgan fingerprint density at radius 3 is 2.44 bits per heavy atom. The third-order valence-corrected chi connectivity index (χ3v) is 4.12. The van der Waals surface area contributed by atoms with Crippen LogP contribution in [0.25, 0.3) is 0 Å². The van der Waals surface area contributed by atoms with Crippen LogP contribution in [0.15, 0.2) is 53.6 Å². The molecule has 0 aromatic heterocycles. The van der Waals surface area contributed by atoms with Gasteiger partial charge in [-0.05, 0) is 11.6 Å². The first-order valence-electron chi connectivity index (χ1n) is 7.63. The molecule has 25 heavy (non-hydrogen) atoms. The molecule has 2 aromatic carbocycles. The summed E-state index contributed by atoms with van der Waals surface area (Å²) in [4.78, 5) is 23.4. The third kappa shape index (κ3) is 6.57. The molecule has 2 rings (SSSR count). The van der Waals surface area contributed by atoms with E-state index >= 15 is 0 Å². The smallest absolute Gasteiger partial charge is 0.240 e. The molecule has 0 aliphatic carbocycles. The number of benzene rings is 2. The van der Waals surface area contributed by atoms with Crippen molar-refractivity contribution in [2.75, 3.05) is 0 Å². The lowest BCUT2D eigenvalue weighted by molar-refractivity contribution is -0.126. The Kier molecular flexibility index (Phi) is 7.44. The maximum atomic E-state index is 11.7. The van der Waals surface area contributed by atoms with Gasteiger partial charge in [0, 0.05) is 24.9 Å². The molecule has 5 nitrogen and oxygen atoms in total. The highest BCUT2D eigenvalue weighted by Crippen LogP contribution is 2.24. The molecular weight excluding hydrogens is 361 g/mol. The number of carbonyl (C=O) groups excluding carboxylic acids is 2. The number of carbonyl (C=O) groups is 2. The van der Waals surface area contributed by atoms with Gasteiger partial charge < -0.3 is 5.32 Å². The summed E-state index contributed by atoms with van der Waals surface area (Å²) in [7, 11) is 0. The number of hydrazone groups is 1. The molecule has 0 saturated carbocycles. The molecule has 7 heteroatoms. The lowest BCUT2D eigenvalue weighted by atomic mass is 10.2. The Labute approximate surface area is 156 Å². The summed E-state index contributed by atoms with van der Waals surface area (Å²) < 4.78 is 0. The number of nitrogens with zero attached hydrogens (tertiary/aromatic N) is 1. The predicted molar refractivity (Wildman–Crippen MR) is 99.7 cm³/mol. The van der Waals surface area contributed by atoms with Gasteiger partial charge >= 0.3 is 0 Å². The Morgan fingerprint density at radius 2 is 1.68 bits per heavy atom. The molecule has 0 aliphatic rings. The van der Waals surface area contributed by atoms with E-state index in [1.165, 1.54) is 6.21 Å². The summed E-state index contributed by atoms with van der Waals surface area (Å²) in [5.74, 6) is -0.551. The summed E-state index contributed by atoms with van der Waals surface area (Å²) in [5, 5.41) is 7.35. The highest BCUT2D eigenvalue weighted by Gasteiger charge is 2.06. The number of amides is 2. The Morgan fingerprint density at radius 1 is 0.960 bits per heavy atom. The van der Waals surface area contributed by atoms with Gasteiger partial charge in [-0.2, -0.15) is 5.10 Å². The zero-order chi connectivity index (χ0) is 18.1. The molecule has 0 atom stereocenters. The highest BCUT2D eigenvalue weighted by atomic mass is 35.5. The van der Waals surface area contributed by atoms with Crippen molar-refractivity contribution in [3.05, 3.63) is 69.7 Å². The van der Waals surface area contributed by atoms with E-state index in [2.05, 4.69) is 15.8 Å². The van der Waals surface area contributed by atoms with Crippen LogP contribution < -0.4 is 10.7 Å². The zero-order valence-electron chi connectivity index (χ0n) is 13.3. The van der Waals surface area contributed by atoms with Crippen molar-refractivity contribution in [3.63, 3.8) is 0 Å². The molecule has 0 aliphatic heterocycles. The van der Waals surface area contributed by atoms with Crippen LogP contribution in [0.5, 0.6) is 0 Å². The Hall–Kier alpha value is -2.37. The minimum Gasteiger partial charge on any atom is -0.352 e. The van der Waals surface area contributed by atoms with Gasteiger partial charge in [0.05, 0.1) is 16.3 Å². The lowest BCUT2D eigenvalue weighted by Crippen LogP contribution is -2.25. The van der Waals surface area contributed by atoms with Crippen molar-refractivity contribution in [3.8, 4) is 0 Å². The van der Waals surface area contributed by atoms with Gasteiger partial charge in [-0.1, -0.05) is 65.7 Å². The standard InChI is InChI=1S/C18H17Cl2N3O2/c19-15-8-4-7-14(18(15)20)12-22-23-17(25)10-9-16(24)21-11-13-5-2-1-3-6-13/h1-8,12H,9-11H2,(H,21,24)(H,23,25)/b22-12-. The zero-order valence-corrected chi connectivity index (χ0v) is 14.8. The molecule has 0 radical (unpaired) electrons. The average Bonchev–Trinajstić information content (AvgIpc) is 2.62. The maximum absolute atomic E-state index is 11.7. The van der Waals surface area contributed by atoms with E-state index in [-0.39, 0.29) is 24.7 Å². The average molecular weight is 378 g/mol. The van der Waals surface area contributed by atoms with Crippen LogP contribution in [0.2, 0.25) is 10.0 Å². The second-order valence-electron chi connectivity index (χ2n) is 5.20. The number of rotatable bonds is 7. The second-order valence-corrected chi connectivity index (χ2v) is 5.98. The van der Waals surface area contributed by atoms with E-state index in [0.717, 1.165) is 5.56 Å². The van der Waals surface area contributed by atoms with Gasteiger partial charge in [-0.25, -0.2) is 5.43 Å². The number of halogens is 2. The maximum Gasteiger partial charge on any atom is 0.240 e. The minimum atomic E-state index is -0.357. The van der Waals surface area contributed by atoms with Crippen molar-refractivity contribution >= 4 is 41.2 Å². The quantitative estimate of drug-likeness (QED) is 0.572. The first kappa shape index (κ1) is 19.0. The molecule has 130 valence electrons. The third-order valence-electron chi connectivity index (χ3n) is 3.29. The van der Waals surface area contributed by atoms with Crippen molar-refractivity contribution in [1.29, 1.82) is 0 Å². The molecule has 0 spiro atoms. The fourth-order valence-corrected chi connectivity index (χ4v) is 2.32. The van der Waals surface area contributed by atoms with Crippen LogP contribution in [-0.2, 0) is 16.1 Å². The van der Waals surface area contributed by atoms with Gasteiger partial charge in [-0.3, -0.25) is 9.59 Å². The van der Waals surface area contributed by atoms with Crippen molar-refractivity contribution in [1.82, 2.24) is 10.7 Å².